The highest BCUT2D eigenvalue weighted by Crippen LogP contribution is 2.30. The van der Waals surface area contributed by atoms with Gasteiger partial charge in [-0.2, -0.15) is 0 Å². The molecule has 222 valence electrons. The Morgan fingerprint density at radius 3 is 2.27 bits per heavy atom. The van der Waals surface area contributed by atoms with Crippen molar-refractivity contribution in [3.63, 3.8) is 0 Å². The second-order valence-electron chi connectivity index (χ2n) is 9.41. The standard InChI is InChI=1S/C28H35N7O3S.2ClH/c1-4-30-11-12-35(23-10-9-20(13-19(23)2)28-32-14-24(39-28)27(29)38)26(37)16-31-15-25(36)33(3)34-17-21-7-5-6-8-22(21)18-34;;/h5-10,13-14,30-31H,4,11-12,15-18H2,1-3H3,(H2,29,38);2*1H. The average Bonchev–Trinajstić information content (AvgIpc) is 3.59. The van der Waals surface area contributed by atoms with E-state index in [1.165, 1.54) is 28.7 Å². The number of aromatic nitrogens is 1. The van der Waals surface area contributed by atoms with Gasteiger partial charge in [0.2, 0.25) is 5.91 Å². The van der Waals surface area contributed by atoms with Crippen LogP contribution in [0.25, 0.3) is 10.6 Å². The van der Waals surface area contributed by atoms with Crippen LogP contribution < -0.4 is 21.3 Å². The van der Waals surface area contributed by atoms with Gasteiger partial charge in [0.25, 0.3) is 11.8 Å². The Hall–Kier alpha value is -3.06. The number of fused-ring (bicyclic) bond motifs is 1. The number of nitrogens with zero attached hydrogens (tertiary/aromatic N) is 4. The normalized spacial score (nSPS) is 12.2. The molecule has 0 bridgehead atoms. The molecule has 0 spiro atoms. The van der Waals surface area contributed by atoms with Crippen molar-refractivity contribution in [1.82, 2.24) is 25.6 Å². The van der Waals surface area contributed by atoms with Crippen molar-refractivity contribution in [2.24, 2.45) is 5.73 Å². The predicted octanol–water partition coefficient (Wildman–Crippen LogP) is 2.98. The monoisotopic (exact) mass is 621 g/mol. The largest absolute Gasteiger partial charge is 0.365 e. The Morgan fingerprint density at radius 1 is 1.02 bits per heavy atom. The summed E-state index contributed by atoms with van der Waals surface area (Å²) in [6.45, 7) is 7.34. The first-order valence-electron chi connectivity index (χ1n) is 12.9. The Balaban J connectivity index is 0.00000294. The molecule has 1 aromatic heterocycles. The molecule has 2 aromatic carbocycles. The second kappa shape index (κ2) is 15.8. The van der Waals surface area contributed by atoms with Crippen LogP contribution in [0.2, 0.25) is 0 Å². The van der Waals surface area contributed by atoms with E-state index in [4.69, 9.17) is 5.73 Å². The van der Waals surface area contributed by atoms with E-state index in [-0.39, 0.29) is 49.7 Å². The molecule has 4 rings (SSSR count). The van der Waals surface area contributed by atoms with Crippen LogP contribution in [0.15, 0.2) is 48.7 Å². The number of likely N-dealkylation sites (N-methyl/N-ethyl adjacent to an activating group) is 2. The van der Waals surface area contributed by atoms with E-state index in [2.05, 4.69) is 27.8 Å². The molecule has 41 heavy (non-hydrogen) atoms. The summed E-state index contributed by atoms with van der Waals surface area (Å²) >= 11 is 1.24. The van der Waals surface area contributed by atoms with Crippen LogP contribution in [0.3, 0.4) is 0 Å². The molecule has 10 nitrogen and oxygen atoms in total. The zero-order valence-electron chi connectivity index (χ0n) is 23.4. The fourth-order valence-corrected chi connectivity index (χ4v) is 5.30. The highest BCUT2D eigenvalue weighted by molar-refractivity contribution is 7.16. The summed E-state index contributed by atoms with van der Waals surface area (Å²) in [5, 5.41) is 10.6. The average molecular weight is 623 g/mol. The van der Waals surface area contributed by atoms with Crippen LogP contribution in [0, 0.1) is 6.92 Å². The number of hydrazine groups is 1. The van der Waals surface area contributed by atoms with Crippen molar-refractivity contribution in [2.45, 2.75) is 26.9 Å². The third kappa shape index (κ3) is 8.48. The summed E-state index contributed by atoms with van der Waals surface area (Å²) in [5.74, 6) is -0.734. The number of amides is 3. The van der Waals surface area contributed by atoms with Gasteiger partial charge in [-0.25, -0.2) is 9.99 Å². The van der Waals surface area contributed by atoms with Gasteiger partial charge in [-0.3, -0.25) is 24.7 Å². The number of carbonyl (C=O) groups is 3. The minimum atomic E-state index is -0.505. The number of carbonyl (C=O) groups excluding carboxylic acids is 3. The molecule has 0 radical (unpaired) electrons. The van der Waals surface area contributed by atoms with Gasteiger partial charge in [-0.05, 0) is 48.4 Å². The zero-order valence-corrected chi connectivity index (χ0v) is 25.8. The summed E-state index contributed by atoms with van der Waals surface area (Å²) in [6, 6.07) is 13.9. The molecule has 0 saturated carbocycles. The highest BCUT2D eigenvalue weighted by Gasteiger charge is 2.25. The van der Waals surface area contributed by atoms with E-state index < -0.39 is 5.91 Å². The van der Waals surface area contributed by atoms with E-state index >= 15 is 0 Å². The highest BCUT2D eigenvalue weighted by atomic mass is 35.5. The molecule has 0 fully saturated rings. The Labute approximate surface area is 257 Å². The van der Waals surface area contributed by atoms with Gasteiger partial charge in [0, 0.05) is 44.5 Å². The smallest absolute Gasteiger partial charge is 0.260 e. The van der Waals surface area contributed by atoms with E-state index in [1.807, 2.05) is 49.2 Å². The minimum absolute atomic E-state index is 0. The molecule has 0 aliphatic carbocycles. The first kappa shape index (κ1) is 34.1. The molecule has 3 amide bonds. The number of aryl methyl sites for hydroxylation is 1. The van der Waals surface area contributed by atoms with Gasteiger partial charge in [-0.15, -0.1) is 36.2 Å². The molecule has 0 unspecified atom stereocenters. The lowest BCUT2D eigenvalue weighted by atomic mass is 10.1. The van der Waals surface area contributed by atoms with E-state index in [0.717, 1.165) is 23.4 Å². The van der Waals surface area contributed by atoms with Crippen molar-refractivity contribution in [3.05, 3.63) is 70.2 Å². The summed E-state index contributed by atoms with van der Waals surface area (Å²) in [7, 11) is 1.76. The maximum absolute atomic E-state index is 13.3. The van der Waals surface area contributed by atoms with Crippen molar-refractivity contribution in [2.75, 3.05) is 44.7 Å². The summed E-state index contributed by atoms with van der Waals surface area (Å²) in [5.41, 5.74) is 10.3. The van der Waals surface area contributed by atoms with Gasteiger partial charge in [0.15, 0.2) is 0 Å². The van der Waals surface area contributed by atoms with Crippen molar-refractivity contribution >= 4 is 59.6 Å². The van der Waals surface area contributed by atoms with Crippen LogP contribution in [0.5, 0.6) is 0 Å². The van der Waals surface area contributed by atoms with E-state index in [1.54, 1.807) is 17.0 Å². The summed E-state index contributed by atoms with van der Waals surface area (Å²) in [4.78, 5) is 44.0. The molecule has 3 aromatic rings. The van der Waals surface area contributed by atoms with Crippen LogP contribution in [-0.4, -0.2) is 72.5 Å². The molecule has 2 heterocycles. The SMILES string of the molecule is CCNCCN(C(=O)CNCC(=O)N(C)N1Cc2ccccc2C1)c1ccc(-c2ncc(C(N)=O)s2)cc1C.Cl.Cl. The molecule has 13 heteroatoms. The number of anilines is 1. The topological polar surface area (TPSA) is 124 Å². The zero-order chi connectivity index (χ0) is 27.9. The number of nitrogens with one attached hydrogen (secondary N) is 2. The Morgan fingerprint density at radius 2 is 1.68 bits per heavy atom. The molecular formula is C28H37Cl2N7O3S. The van der Waals surface area contributed by atoms with Crippen LogP contribution >= 0.6 is 36.2 Å². The van der Waals surface area contributed by atoms with E-state index in [9.17, 15) is 14.4 Å². The quantitative estimate of drug-likeness (QED) is 0.266. The molecule has 1 aliphatic heterocycles. The van der Waals surface area contributed by atoms with Crippen molar-refractivity contribution < 1.29 is 14.4 Å². The molecular weight excluding hydrogens is 585 g/mol. The lowest BCUT2D eigenvalue weighted by Gasteiger charge is -2.28. The fraction of sp³-hybridized carbons (Fsp3) is 0.357. The third-order valence-electron chi connectivity index (χ3n) is 6.71. The number of nitrogens with two attached hydrogens (primary N) is 1. The number of rotatable bonds is 12. The number of benzene rings is 2. The van der Waals surface area contributed by atoms with Gasteiger partial charge < -0.3 is 16.0 Å². The summed E-state index contributed by atoms with van der Waals surface area (Å²) in [6.07, 6.45) is 1.48. The number of hydrogen-bond acceptors (Lipinski definition) is 8. The van der Waals surface area contributed by atoms with Crippen molar-refractivity contribution in [1.29, 1.82) is 0 Å². The first-order valence-corrected chi connectivity index (χ1v) is 13.8. The Bertz CT molecular complexity index is 1330. The Kier molecular flexibility index (Phi) is 13.2. The first-order chi connectivity index (χ1) is 18.8. The number of primary amides is 1. The van der Waals surface area contributed by atoms with Crippen molar-refractivity contribution in [3.8, 4) is 10.6 Å². The van der Waals surface area contributed by atoms with Gasteiger partial charge in [0.05, 0.1) is 19.3 Å². The lowest BCUT2D eigenvalue weighted by Crippen LogP contribution is -2.47. The van der Waals surface area contributed by atoms with Gasteiger partial charge >= 0.3 is 0 Å². The molecule has 0 atom stereocenters. The molecule has 0 saturated heterocycles. The third-order valence-corrected chi connectivity index (χ3v) is 7.77. The maximum Gasteiger partial charge on any atom is 0.260 e. The second-order valence-corrected chi connectivity index (χ2v) is 10.4. The minimum Gasteiger partial charge on any atom is -0.365 e. The lowest BCUT2D eigenvalue weighted by molar-refractivity contribution is -0.145. The number of hydrogen-bond donors (Lipinski definition) is 3. The number of halogens is 2. The maximum atomic E-state index is 13.3. The van der Waals surface area contributed by atoms with Gasteiger partial charge in [0.1, 0.15) is 9.88 Å². The van der Waals surface area contributed by atoms with Crippen LogP contribution in [-0.2, 0) is 22.7 Å². The number of thiazole rings is 1. The van der Waals surface area contributed by atoms with Gasteiger partial charge in [-0.1, -0.05) is 31.2 Å². The molecule has 1 aliphatic rings. The predicted molar refractivity (Wildman–Crippen MR) is 168 cm³/mol. The van der Waals surface area contributed by atoms with Crippen LogP contribution in [0.1, 0.15) is 33.3 Å². The fourth-order valence-electron chi connectivity index (χ4n) is 4.53. The van der Waals surface area contributed by atoms with E-state index in [0.29, 0.717) is 36.1 Å². The molecule has 4 N–H and O–H groups in total. The summed E-state index contributed by atoms with van der Waals surface area (Å²) < 4.78 is 0. The van der Waals surface area contributed by atoms with Crippen LogP contribution in [0.4, 0.5) is 5.69 Å².